The second-order valence-corrected chi connectivity index (χ2v) is 3.51. The molecule has 0 atom stereocenters. The molecule has 0 heterocycles. The summed E-state index contributed by atoms with van der Waals surface area (Å²) in [4.78, 5) is 14.7. The summed E-state index contributed by atoms with van der Waals surface area (Å²) in [6.45, 7) is 1.46. The lowest BCUT2D eigenvalue weighted by molar-refractivity contribution is -0.115. The quantitative estimate of drug-likeness (QED) is 0.461. The minimum Gasteiger partial charge on any atom is -0.484 e. The van der Waals surface area contributed by atoms with E-state index in [1.54, 1.807) is 7.11 Å². The van der Waals surface area contributed by atoms with Crippen LogP contribution in [0, 0.1) is 5.92 Å². The fourth-order valence-corrected chi connectivity index (χ4v) is 1.81. The zero-order valence-corrected chi connectivity index (χ0v) is 8.38. The number of carbonyl (C=O) groups is 1. The smallest absolute Gasteiger partial charge is 0.245 e. The highest BCUT2D eigenvalue weighted by Gasteiger charge is 2.20. The second kappa shape index (κ2) is 5.00. The van der Waals surface area contributed by atoms with Crippen LogP contribution in [0.3, 0.4) is 0 Å². The molecular weight excluding hydrogens is 166 g/mol. The fourth-order valence-electron chi connectivity index (χ4n) is 1.81. The first-order valence-electron chi connectivity index (χ1n) is 4.87. The highest BCUT2D eigenvalue weighted by atomic mass is 16.5. The van der Waals surface area contributed by atoms with Crippen molar-refractivity contribution in [3.63, 3.8) is 0 Å². The number of aliphatic imine (C=N–C) groups is 1. The van der Waals surface area contributed by atoms with E-state index in [1.165, 1.54) is 26.2 Å². The maximum absolute atomic E-state index is 10.8. The molecule has 0 saturated heterocycles. The maximum atomic E-state index is 10.8. The molecule has 0 aromatic rings. The van der Waals surface area contributed by atoms with Gasteiger partial charge in [-0.05, 0) is 12.8 Å². The van der Waals surface area contributed by atoms with E-state index in [9.17, 15) is 4.79 Å². The lowest BCUT2D eigenvalue weighted by atomic mass is 9.89. The lowest BCUT2D eigenvalue weighted by Crippen LogP contribution is -2.20. The van der Waals surface area contributed by atoms with E-state index in [1.807, 2.05) is 0 Å². The number of carbonyl (C=O) groups excluding carboxylic acids is 1. The van der Waals surface area contributed by atoms with Gasteiger partial charge in [0.15, 0.2) is 5.90 Å². The monoisotopic (exact) mass is 183 g/mol. The largest absolute Gasteiger partial charge is 0.484 e. The van der Waals surface area contributed by atoms with Crippen LogP contribution in [-0.4, -0.2) is 18.9 Å². The van der Waals surface area contributed by atoms with Crippen molar-refractivity contribution in [1.29, 1.82) is 0 Å². The van der Waals surface area contributed by atoms with E-state index < -0.39 is 0 Å². The van der Waals surface area contributed by atoms with Gasteiger partial charge in [-0.3, -0.25) is 4.79 Å². The average molecular weight is 183 g/mol. The van der Waals surface area contributed by atoms with E-state index >= 15 is 0 Å². The maximum Gasteiger partial charge on any atom is 0.245 e. The summed E-state index contributed by atoms with van der Waals surface area (Å²) in [5, 5.41) is 0. The van der Waals surface area contributed by atoms with E-state index in [2.05, 4.69) is 4.99 Å². The molecule has 74 valence electrons. The topological polar surface area (TPSA) is 38.7 Å². The number of methoxy groups -OCH3 is 1. The predicted octanol–water partition coefficient (Wildman–Crippen LogP) is 2.16. The van der Waals surface area contributed by atoms with Crippen molar-refractivity contribution < 1.29 is 9.53 Å². The van der Waals surface area contributed by atoms with Crippen LogP contribution in [0.15, 0.2) is 4.99 Å². The van der Waals surface area contributed by atoms with Crippen molar-refractivity contribution in [2.45, 2.75) is 39.0 Å². The Balaban J connectivity index is 2.58. The number of hydrogen-bond donors (Lipinski definition) is 0. The van der Waals surface area contributed by atoms with Crippen LogP contribution < -0.4 is 0 Å². The molecule has 0 spiro atoms. The third-order valence-corrected chi connectivity index (χ3v) is 2.43. The molecule has 0 radical (unpaired) electrons. The molecule has 3 nitrogen and oxygen atoms in total. The van der Waals surface area contributed by atoms with Crippen molar-refractivity contribution in [3.05, 3.63) is 0 Å². The van der Waals surface area contributed by atoms with Crippen LogP contribution in [-0.2, 0) is 9.53 Å². The van der Waals surface area contributed by atoms with Crippen LogP contribution >= 0.6 is 0 Å². The second-order valence-electron chi connectivity index (χ2n) is 3.51. The molecule has 0 unspecified atom stereocenters. The van der Waals surface area contributed by atoms with Gasteiger partial charge in [-0.2, -0.15) is 4.99 Å². The highest BCUT2D eigenvalue weighted by Crippen LogP contribution is 2.25. The van der Waals surface area contributed by atoms with Crippen LogP contribution in [0.1, 0.15) is 39.0 Å². The lowest BCUT2D eigenvalue weighted by Gasteiger charge is -2.21. The van der Waals surface area contributed by atoms with Crippen LogP contribution in [0.2, 0.25) is 0 Å². The van der Waals surface area contributed by atoms with Crippen LogP contribution in [0.5, 0.6) is 0 Å². The molecule has 0 bridgehead atoms. The average Bonchev–Trinajstić information content (AvgIpc) is 2.15. The van der Waals surface area contributed by atoms with Gasteiger partial charge in [0.2, 0.25) is 5.91 Å². The minimum atomic E-state index is -0.164. The molecule has 1 aliphatic carbocycles. The minimum absolute atomic E-state index is 0.164. The first-order chi connectivity index (χ1) is 6.24. The van der Waals surface area contributed by atoms with E-state index in [0.29, 0.717) is 11.8 Å². The summed E-state index contributed by atoms with van der Waals surface area (Å²) >= 11 is 0. The Morgan fingerprint density at radius 2 is 1.92 bits per heavy atom. The van der Waals surface area contributed by atoms with Gasteiger partial charge in [-0.25, -0.2) is 0 Å². The summed E-state index contributed by atoms with van der Waals surface area (Å²) in [6.07, 6.45) is 5.98. The molecule has 0 N–H and O–H groups in total. The molecule has 1 aliphatic rings. The van der Waals surface area contributed by atoms with Crippen molar-refractivity contribution in [3.8, 4) is 0 Å². The first-order valence-corrected chi connectivity index (χ1v) is 4.87. The number of nitrogens with zero attached hydrogens (tertiary/aromatic N) is 1. The standard InChI is InChI=1S/C10H17NO2/c1-8(12)11-10(13-2)9-6-4-3-5-7-9/h9H,3-7H2,1-2H3. The molecule has 0 aromatic heterocycles. The van der Waals surface area contributed by atoms with Crippen molar-refractivity contribution in [1.82, 2.24) is 0 Å². The van der Waals surface area contributed by atoms with Gasteiger partial charge in [-0.1, -0.05) is 19.3 Å². The van der Waals surface area contributed by atoms with E-state index in [0.717, 1.165) is 12.8 Å². The molecule has 0 aromatic carbocycles. The Labute approximate surface area is 79.2 Å². The van der Waals surface area contributed by atoms with Gasteiger partial charge < -0.3 is 4.74 Å². The Morgan fingerprint density at radius 1 is 1.31 bits per heavy atom. The Hall–Kier alpha value is -0.860. The zero-order valence-electron chi connectivity index (χ0n) is 8.38. The zero-order chi connectivity index (χ0) is 9.68. The van der Waals surface area contributed by atoms with Gasteiger partial charge in [0.25, 0.3) is 0 Å². The number of amides is 1. The molecule has 1 amide bonds. The number of hydrogen-bond acceptors (Lipinski definition) is 2. The van der Waals surface area contributed by atoms with E-state index in [4.69, 9.17) is 4.74 Å². The van der Waals surface area contributed by atoms with Gasteiger partial charge in [0, 0.05) is 12.8 Å². The molecule has 1 rings (SSSR count). The predicted molar refractivity (Wildman–Crippen MR) is 51.7 cm³/mol. The number of ether oxygens (including phenoxy) is 1. The molecule has 0 aliphatic heterocycles. The Morgan fingerprint density at radius 3 is 2.38 bits per heavy atom. The first kappa shape index (κ1) is 10.2. The molecular formula is C10H17NO2. The third kappa shape index (κ3) is 3.17. The van der Waals surface area contributed by atoms with Crippen LogP contribution in [0.4, 0.5) is 0 Å². The van der Waals surface area contributed by atoms with Gasteiger partial charge in [-0.15, -0.1) is 0 Å². The highest BCUT2D eigenvalue weighted by molar-refractivity contribution is 5.91. The summed E-state index contributed by atoms with van der Waals surface area (Å²) in [6, 6.07) is 0. The Kier molecular flexibility index (Phi) is 3.93. The van der Waals surface area contributed by atoms with Gasteiger partial charge >= 0.3 is 0 Å². The fraction of sp³-hybridized carbons (Fsp3) is 0.800. The SMILES string of the molecule is COC(=NC(C)=O)C1CCCCC1. The van der Waals surface area contributed by atoms with Gasteiger partial charge in [0.1, 0.15) is 0 Å². The number of rotatable bonds is 1. The summed E-state index contributed by atoms with van der Waals surface area (Å²) < 4.78 is 5.13. The molecule has 1 fully saturated rings. The molecule has 1 saturated carbocycles. The summed E-state index contributed by atoms with van der Waals surface area (Å²) in [7, 11) is 1.59. The summed E-state index contributed by atoms with van der Waals surface area (Å²) in [5.74, 6) is 0.845. The molecule has 13 heavy (non-hydrogen) atoms. The summed E-state index contributed by atoms with van der Waals surface area (Å²) in [5.41, 5.74) is 0. The van der Waals surface area contributed by atoms with Crippen molar-refractivity contribution in [2.75, 3.05) is 7.11 Å². The third-order valence-electron chi connectivity index (χ3n) is 2.43. The van der Waals surface area contributed by atoms with E-state index in [-0.39, 0.29) is 5.91 Å². The van der Waals surface area contributed by atoms with Crippen LogP contribution in [0.25, 0.3) is 0 Å². The van der Waals surface area contributed by atoms with Gasteiger partial charge in [0.05, 0.1) is 7.11 Å². The Bertz CT molecular complexity index is 205. The van der Waals surface area contributed by atoms with Crippen molar-refractivity contribution >= 4 is 11.8 Å². The normalized spacial score (nSPS) is 20.0. The van der Waals surface area contributed by atoms with Crippen molar-refractivity contribution in [2.24, 2.45) is 10.9 Å². The molecule has 3 heteroatoms.